The number of H-pyrrole nitrogens is 1. The molecule has 2 rings (SSSR count). The van der Waals surface area contributed by atoms with Crippen molar-refractivity contribution in [2.75, 3.05) is 7.11 Å². The summed E-state index contributed by atoms with van der Waals surface area (Å²) in [6.45, 7) is 0. The zero-order valence-electron chi connectivity index (χ0n) is 8.94. The van der Waals surface area contributed by atoms with E-state index in [0.29, 0.717) is 22.0 Å². The molecule has 0 atom stereocenters. The number of fused-ring (bicyclic) bond motifs is 1. The Balaban J connectivity index is 2.67. The number of nitrogens with one attached hydrogen (secondary N) is 1. The van der Waals surface area contributed by atoms with Gasteiger partial charge in [0.15, 0.2) is 6.07 Å². The van der Waals surface area contributed by atoms with Gasteiger partial charge in [0.2, 0.25) is 0 Å². The molecule has 0 unspecified atom stereocenters. The lowest BCUT2D eigenvalue weighted by molar-refractivity contribution is 0.0603. The normalized spacial score (nSPS) is 9.18. The number of nitriles is 1. The maximum Gasteiger partial charge on any atom is 0.338 e. The maximum atomic E-state index is 11.6. The maximum absolute atomic E-state index is 11.6. The summed E-state index contributed by atoms with van der Waals surface area (Å²) >= 11 is 0. The summed E-state index contributed by atoms with van der Waals surface area (Å²) in [5.41, 5.74) is 1.61. The van der Waals surface area contributed by atoms with E-state index in [1.807, 2.05) is 0 Å². The highest BCUT2D eigenvalue weighted by Crippen LogP contribution is 2.19. The fraction of sp³-hybridized carbons (Fsp3) is 0.0833. The van der Waals surface area contributed by atoms with E-state index in [0.717, 1.165) is 0 Å². The molecule has 5 nitrogen and oxygen atoms in total. The number of carbonyl (C=O) groups is 1. The molecule has 0 aliphatic carbocycles. The van der Waals surface area contributed by atoms with Crippen LogP contribution < -0.4 is 0 Å². The molecule has 0 spiro atoms. The second-order valence-electron chi connectivity index (χ2n) is 3.21. The predicted octanol–water partition coefficient (Wildman–Crippen LogP) is 1.22. The third-order valence-electron chi connectivity index (χ3n) is 2.23. The van der Waals surface area contributed by atoms with Crippen LogP contribution in [0.4, 0.5) is 0 Å². The van der Waals surface area contributed by atoms with E-state index in [4.69, 9.17) is 5.26 Å². The van der Waals surface area contributed by atoms with Gasteiger partial charge in [0, 0.05) is 16.9 Å². The Labute approximate surface area is 97.0 Å². The molecule has 1 aromatic carbocycles. The zero-order chi connectivity index (χ0) is 12.3. The number of carbonyl (C=O) groups excluding carboxylic acids is 1. The molecule has 0 amide bonds. The molecule has 1 N–H and O–H groups in total. The highest BCUT2D eigenvalue weighted by Gasteiger charge is 2.12. The topological polar surface area (TPSA) is 78.8 Å². The van der Waals surface area contributed by atoms with E-state index in [-0.39, 0.29) is 0 Å². The van der Waals surface area contributed by atoms with Crippen molar-refractivity contribution in [2.24, 2.45) is 0 Å². The minimum Gasteiger partial charge on any atom is -0.465 e. The van der Waals surface area contributed by atoms with Crippen LogP contribution in [0.3, 0.4) is 0 Å². The third-order valence-corrected chi connectivity index (χ3v) is 2.23. The van der Waals surface area contributed by atoms with Crippen LogP contribution in [0.25, 0.3) is 10.9 Å². The third kappa shape index (κ3) is 1.95. The van der Waals surface area contributed by atoms with Crippen molar-refractivity contribution in [3.8, 4) is 17.9 Å². The first kappa shape index (κ1) is 10.7. The molecule has 0 fully saturated rings. The average molecular weight is 225 g/mol. The predicted molar refractivity (Wildman–Crippen MR) is 59.9 cm³/mol. The molecule has 0 aliphatic heterocycles. The van der Waals surface area contributed by atoms with Crippen LogP contribution in [-0.4, -0.2) is 23.3 Å². The Morgan fingerprint density at radius 3 is 3.06 bits per heavy atom. The number of methoxy groups -OCH3 is 1. The minimum absolute atomic E-state index is 0.376. The number of aromatic amines is 1. The van der Waals surface area contributed by atoms with Gasteiger partial charge in [-0.1, -0.05) is 5.92 Å². The molecular weight excluding hydrogens is 218 g/mol. The Bertz CT molecular complexity index is 683. The smallest absolute Gasteiger partial charge is 0.338 e. The molecule has 5 heteroatoms. The fourth-order valence-electron chi connectivity index (χ4n) is 1.50. The van der Waals surface area contributed by atoms with Gasteiger partial charge in [0.05, 0.1) is 24.4 Å². The van der Waals surface area contributed by atoms with Crippen LogP contribution in [0.1, 0.15) is 15.9 Å². The van der Waals surface area contributed by atoms with Gasteiger partial charge in [-0.15, -0.1) is 0 Å². The minimum atomic E-state index is -0.461. The summed E-state index contributed by atoms with van der Waals surface area (Å²) in [4.78, 5) is 11.6. The molecule has 0 saturated carbocycles. The largest absolute Gasteiger partial charge is 0.465 e. The SMILES string of the molecule is COC(=O)c1cc(C#CC#N)cc2[nH]ncc12. The quantitative estimate of drug-likeness (QED) is 0.584. The van der Waals surface area contributed by atoms with Gasteiger partial charge in [0.1, 0.15) is 0 Å². The Hall–Kier alpha value is -2.79. The van der Waals surface area contributed by atoms with Gasteiger partial charge in [-0.2, -0.15) is 10.4 Å². The van der Waals surface area contributed by atoms with Crippen molar-refractivity contribution in [1.82, 2.24) is 10.2 Å². The Kier molecular flexibility index (Phi) is 2.76. The van der Waals surface area contributed by atoms with Crippen LogP contribution in [0.15, 0.2) is 18.3 Å². The lowest BCUT2D eigenvalue weighted by Crippen LogP contribution is -2.02. The van der Waals surface area contributed by atoms with Crippen LogP contribution in [0.2, 0.25) is 0 Å². The zero-order valence-corrected chi connectivity index (χ0v) is 8.94. The number of esters is 1. The van der Waals surface area contributed by atoms with E-state index in [1.54, 1.807) is 24.4 Å². The average Bonchev–Trinajstić information content (AvgIpc) is 2.82. The molecule has 0 saturated heterocycles. The second-order valence-corrected chi connectivity index (χ2v) is 3.21. The molecule has 82 valence electrons. The molecule has 1 aromatic heterocycles. The van der Waals surface area contributed by atoms with Crippen LogP contribution >= 0.6 is 0 Å². The summed E-state index contributed by atoms with van der Waals surface area (Å²) in [6, 6.07) is 5.02. The Morgan fingerprint density at radius 2 is 2.35 bits per heavy atom. The van der Waals surface area contributed by atoms with E-state index in [2.05, 4.69) is 26.8 Å². The highest BCUT2D eigenvalue weighted by molar-refractivity contribution is 6.03. The van der Waals surface area contributed by atoms with Crippen molar-refractivity contribution in [1.29, 1.82) is 5.26 Å². The summed E-state index contributed by atoms with van der Waals surface area (Å²) < 4.78 is 4.68. The summed E-state index contributed by atoms with van der Waals surface area (Å²) in [5.74, 6) is 4.44. The van der Waals surface area contributed by atoms with E-state index >= 15 is 0 Å². The molecule has 0 radical (unpaired) electrons. The first-order valence-corrected chi connectivity index (χ1v) is 4.72. The van der Waals surface area contributed by atoms with Crippen molar-refractivity contribution in [2.45, 2.75) is 0 Å². The van der Waals surface area contributed by atoms with Crippen LogP contribution in [0.5, 0.6) is 0 Å². The molecule has 1 heterocycles. The van der Waals surface area contributed by atoms with Crippen LogP contribution in [-0.2, 0) is 4.74 Å². The lowest BCUT2D eigenvalue weighted by Gasteiger charge is -2.01. The van der Waals surface area contributed by atoms with Gasteiger partial charge in [0.25, 0.3) is 0 Å². The number of hydrogen-bond acceptors (Lipinski definition) is 4. The number of benzene rings is 1. The first-order valence-electron chi connectivity index (χ1n) is 4.72. The van der Waals surface area contributed by atoms with Crippen molar-refractivity contribution in [3.63, 3.8) is 0 Å². The van der Waals surface area contributed by atoms with Crippen molar-refractivity contribution >= 4 is 16.9 Å². The van der Waals surface area contributed by atoms with Crippen molar-refractivity contribution in [3.05, 3.63) is 29.5 Å². The van der Waals surface area contributed by atoms with E-state index in [1.165, 1.54) is 7.11 Å². The second kappa shape index (κ2) is 4.38. The number of aromatic nitrogens is 2. The molecule has 0 bridgehead atoms. The summed E-state index contributed by atoms with van der Waals surface area (Å²) in [6.07, 6.45) is 1.54. The first-order chi connectivity index (χ1) is 8.26. The summed E-state index contributed by atoms with van der Waals surface area (Å²) in [5, 5.41) is 15.7. The number of ether oxygens (including phenoxy) is 1. The molecule has 2 aromatic rings. The van der Waals surface area contributed by atoms with E-state index < -0.39 is 5.97 Å². The monoisotopic (exact) mass is 225 g/mol. The van der Waals surface area contributed by atoms with Crippen molar-refractivity contribution < 1.29 is 9.53 Å². The number of rotatable bonds is 1. The van der Waals surface area contributed by atoms with Gasteiger partial charge in [-0.25, -0.2) is 4.79 Å². The van der Waals surface area contributed by atoms with Crippen LogP contribution in [0, 0.1) is 23.2 Å². The number of nitrogens with zero attached hydrogens (tertiary/aromatic N) is 2. The standard InChI is InChI=1S/C12H7N3O2/c1-17-12(16)9-5-8(3-2-4-13)6-11-10(9)7-14-15-11/h5-7H,1H3,(H,14,15). The molecule has 17 heavy (non-hydrogen) atoms. The van der Waals surface area contributed by atoms with Gasteiger partial charge < -0.3 is 4.74 Å². The van der Waals surface area contributed by atoms with Gasteiger partial charge in [-0.05, 0) is 12.1 Å². The fourth-order valence-corrected chi connectivity index (χ4v) is 1.50. The summed E-state index contributed by atoms with van der Waals surface area (Å²) in [7, 11) is 1.31. The van der Waals surface area contributed by atoms with Gasteiger partial charge >= 0.3 is 5.97 Å². The Morgan fingerprint density at radius 1 is 1.53 bits per heavy atom. The number of hydrogen-bond donors (Lipinski definition) is 1. The highest BCUT2D eigenvalue weighted by atomic mass is 16.5. The molecule has 0 aliphatic rings. The molecular formula is C12H7N3O2. The van der Waals surface area contributed by atoms with Gasteiger partial charge in [-0.3, -0.25) is 5.10 Å². The van der Waals surface area contributed by atoms with E-state index in [9.17, 15) is 4.79 Å². The lowest BCUT2D eigenvalue weighted by atomic mass is 10.1.